The lowest BCUT2D eigenvalue weighted by Gasteiger charge is -2.32. The van der Waals surface area contributed by atoms with Gasteiger partial charge in [-0.05, 0) is 57.1 Å². The molecule has 19 heavy (non-hydrogen) atoms. The standard InChI is InChI=1S/C14H17BrFNO2/c1-17-6-4-9(5-7-17)13(14(18)19)11-8-10(15)2-3-12(11)16/h2-3,8-9,13H,4-7H2,1H3,(H,18,19). The van der Waals surface area contributed by atoms with Gasteiger partial charge in [-0.2, -0.15) is 0 Å². The lowest BCUT2D eigenvalue weighted by atomic mass is 9.80. The number of carboxylic acid groups (broad SMARTS) is 1. The van der Waals surface area contributed by atoms with Crippen molar-refractivity contribution >= 4 is 21.9 Å². The smallest absolute Gasteiger partial charge is 0.311 e. The average molecular weight is 330 g/mol. The van der Waals surface area contributed by atoms with E-state index in [-0.39, 0.29) is 11.5 Å². The Morgan fingerprint density at radius 2 is 2.11 bits per heavy atom. The van der Waals surface area contributed by atoms with Gasteiger partial charge >= 0.3 is 5.97 Å². The Hall–Kier alpha value is -0.940. The molecule has 3 nitrogen and oxygen atoms in total. The minimum atomic E-state index is -0.938. The average Bonchev–Trinajstić information content (AvgIpc) is 2.36. The van der Waals surface area contributed by atoms with E-state index in [0.29, 0.717) is 4.47 Å². The van der Waals surface area contributed by atoms with Crippen LogP contribution in [0.25, 0.3) is 0 Å². The Morgan fingerprint density at radius 1 is 1.47 bits per heavy atom. The second kappa shape index (κ2) is 6.01. The Kier molecular flexibility index (Phi) is 4.58. The maximum absolute atomic E-state index is 13.9. The number of piperidine rings is 1. The van der Waals surface area contributed by atoms with E-state index in [1.807, 2.05) is 7.05 Å². The molecule has 1 N–H and O–H groups in total. The molecule has 0 spiro atoms. The number of likely N-dealkylation sites (tertiary alicyclic amines) is 1. The molecule has 1 heterocycles. The molecule has 1 saturated heterocycles. The van der Waals surface area contributed by atoms with Crippen molar-refractivity contribution in [1.82, 2.24) is 4.90 Å². The van der Waals surface area contributed by atoms with E-state index in [4.69, 9.17) is 0 Å². The van der Waals surface area contributed by atoms with Crippen LogP contribution in [0.4, 0.5) is 4.39 Å². The normalized spacial score (nSPS) is 19.3. The van der Waals surface area contributed by atoms with Gasteiger partial charge in [0.15, 0.2) is 0 Å². The molecule has 1 aliphatic heterocycles. The van der Waals surface area contributed by atoms with Gasteiger partial charge in [0.2, 0.25) is 0 Å². The molecule has 0 aromatic heterocycles. The van der Waals surface area contributed by atoms with Crippen molar-refractivity contribution in [3.05, 3.63) is 34.1 Å². The number of benzene rings is 1. The summed E-state index contributed by atoms with van der Waals surface area (Å²) in [5.74, 6) is -2.13. The first-order valence-electron chi connectivity index (χ1n) is 6.35. The fourth-order valence-corrected chi connectivity index (χ4v) is 3.08. The van der Waals surface area contributed by atoms with Crippen molar-refractivity contribution in [2.24, 2.45) is 5.92 Å². The molecule has 0 radical (unpaired) electrons. The van der Waals surface area contributed by atoms with Gasteiger partial charge in [0.05, 0.1) is 5.92 Å². The van der Waals surface area contributed by atoms with Gasteiger partial charge in [-0.3, -0.25) is 4.79 Å². The van der Waals surface area contributed by atoms with Crippen LogP contribution in [-0.2, 0) is 4.79 Å². The summed E-state index contributed by atoms with van der Waals surface area (Å²) in [5.41, 5.74) is 0.288. The Morgan fingerprint density at radius 3 is 2.68 bits per heavy atom. The first-order chi connectivity index (χ1) is 8.99. The van der Waals surface area contributed by atoms with E-state index in [1.165, 1.54) is 6.07 Å². The van der Waals surface area contributed by atoms with Crippen molar-refractivity contribution < 1.29 is 14.3 Å². The number of carbonyl (C=O) groups is 1. The largest absolute Gasteiger partial charge is 0.481 e. The molecule has 5 heteroatoms. The van der Waals surface area contributed by atoms with Gasteiger partial charge in [-0.15, -0.1) is 0 Å². The summed E-state index contributed by atoms with van der Waals surface area (Å²) in [6.45, 7) is 1.73. The van der Waals surface area contributed by atoms with Crippen molar-refractivity contribution in [1.29, 1.82) is 0 Å². The number of hydrogen-bond acceptors (Lipinski definition) is 2. The predicted molar refractivity (Wildman–Crippen MR) is 74.7 cm³/mol. The zero-order chi connectivity index (χ0) is 14.0. The predicted octanol–water partition coefficient (Wildman–Crippen LogP) is 3.10. The van der Waals surface area contributed by atoms with Gasteiger partial charge in [0.25, 0.3) is 0 Å². The van der Waals surface area contributed by atoms with Crippen LogP contribution in [0.2, 0.25) is 0 Å². The van der Waals surface area contributed by atoms with E-state index in [9.17, 15) is 14.3 Å². The molecule has 0 aliphatic carbocycles. The minimum Gasteiger partial charge on any atom is -0.481 e. The van der Waals surface area contributed by atoms with E-state index in [0.717, 1.165) is 25.9 Å². The lowest BCUT2D eigenvalue weighted by molar-refractivity contribution is -0.140. The molecule has 1 fully saturated rings. The van der Waals surface area contributed by atoms with Crippen LogP contribution in [0, 0.1) is 11.7 Å². The highest BCUT2D eigenvalue weighted by Gasteiger charge is 2.33. The van der Waals surface area contributed by atoms with Crippen LogP contribution in [0.1, 0.15) is 24.3 Å². The molecule has 2 rings (SSSR count). The molecule has 0 bridgehead atoms. The maximum Gasteiger partial charge on any atom is 0.311 e. The van der Waals surface area contributed by atoms with Gasteiger partial charge in [0.1, 0.15) is 5.82 Å². The third kappa shape index (κ3) is 3.34. The van der Waals surface area contributed by atoms with E-state index >= 15 is 0 Å². The van der Waals surface area contributed by atoms with E-state index in [2.05, 4.69) is 20.8 Å². The second-order valence-corrected chi connectivity index (χ2v) is 6.04. The van der Waals surface area contributed by atoms with Gasteiger partial charge in [0, 0.05) is 10.0 Å². The highest BCUT2D eigenvalue weighted by molar-refractivity contribution is 9.10. The second-order valence-electron chi connectivity index (χ2n) is 5.12. The summed E-state index contributed by atoms with van der Waals surface area (Å²) in [4.78, 5) is 13.7. The molecule has 1 aromatic rings. The van der Waals surface area contributed by atoms with Crippen molar-refractivity contribution in [3.63, 3.8) is 0 Å². The summed E-state index contributed by atoms with van der Waals surface area (Å²) in [7, 11) is 2.02. The zero-order valence-corrected chi connectivity index (χ0v) is 12.4. The van der Waals surface area contributed by atoms with Crippen molar-refractivity contribution in [2.75, 3.05) is 20.1 Å². The molecule has 104 valence electrons. The highest BCUT2D eigenvalue weighted by Crippen LogP contribution is 2.35. The summed E-state index contributed by atoms with van der Waals surface area (Å²) >= 11 is 3.28. The fourth-order valence-electron chi connectivity index (χ4n) is 2.70. The van der Waals surface area contributed by atoms with Crippen LogP contribution in [0.3, 0.4) is 0 Å². The number of carboxylic acids is 1. The van der Waals surface area contributed by atoms with Crippen molar-refractivity contribution in [2.45, 2.75) is 18.8 Å². The van der Waals surface area contributed by atoms with Gasteiger partial charge in [-0.1, -0.05) is 15.9 Å². The van der Waals surface area contributed by atoms with E-state index < -0.39 is 17.7 Å². The highest BCUT2D eigenvalue weighted by atomic mass is 79.9. The lowest BCUT2D eigenvalue weighted by Crippen LogP contribution is -2.35. The first kappa shape index (κ1) is 14.5. The molecular formula is C14H17BrFNO2. The number of aliphatic carboxylic acids is 1. The molecule has 1 unspecified atom stereocenters. The third-order valence-corrected chi connectivity index (χ3v) is 4.29. The first-order valence-corrected chi connectivity index (χ1v) is 7.14. The number of hydrogen-bond donors (Lipinski definition) is 1. The SMILES string of the molecule is CN1CCC(C(C(=O)O)c2cc(Br)ccc2F)CC1. The molecule has 0 saturated carbocycles. The molecule has 1 atom stereocenters. The molecule has 1 aromatic carbocycles. The van der Waals surface area contributed by atoms with Crippen molar-refractivity contribution in [3.8, 4) is 0 Å². The number of rotatable bonds is 3. The molecule has 1 aliphatic rings. The molecule has 0 amide bonds. The van der Waals surface area contributed by atoms with Gasteiger partial charge in [-0.25, -0.2) is 4.39 Å². The summed E-state index contributed by atoms with van der Waals surface area (Å²) < 4.78 is 14.6. The van der Waals surface area contributed by atoms with Crippen LogP contribution in [0.15, 0.2) is 22.7 Å². The Bertz CT molecular complexity index is 473. The minimum absolute atomic E-state index is 0.00231. The van der Waals surface area contributed by atoms with Crippen LogP contribution < -0.4 is 0 Å². The van der Waals surface area contributed by atoms with Crippen LogP contribution in [0.5, 0.6) is 0 Å². The topological polar surface area (TPSA) is 40.5 Å². The maximum atomic E-state index is 13.9. The van der Waals surface area contributed by atoms with E-state index in [1.54, 1.807) is 12.1 Å². The fraction of sp³-hybridized carbons (Fsp3) is 0.500. The monoisotopic (exact) mass is 329 g/mol. The Labute approximate surface area is 120 Å². The van der Waals surface area contributed by atoms with Gasteiger partial charge < -0.3 is 10.0 Å². The van der Waals surface area contributed by atoms with Crippen LogP contribution in [-0.4, -0.2) is 36.1 Å². The third-order valence-electron chi connectivity index (χ3n) is 3.79. The molecular weight excluding hydrogens is 313 g/mol. The summed E-state index contributed by atoms with van der Waals surface area (Å²) in [5, 5.41) is 9.46. The number of halogens is 2. The zero-order valence-electron chi connectivity index (χ0n) is 10.8. The number of nitrogens with zero attached hydrogens (tertiary/aromatic N) is 1. The van der Waals surface area contributed by atoms with Crippen LogP contribution >= 0.6 is 15.9 Å². The summed E-state index contributed by atoms with van der Waals surface area (Å²) in [6, 6.07) is 4.50. The Balaban J connectivity index is 2.30. The summed E-state index contributed by atoms with van der Waals surface area (Å²) in [6.07, 6.45) is 1.58. The quantitative estimate of drug-likeness (QED) is 0.926.